The van der Waals surface area contributed by atoms with Crippen molar-refractivity contribution in [2.45, 2.75) is 6.54 Å². The van der Waals surface area contributed by atoms with Crippen molar-refractivity contribution in [3.8, 4) is 11.5 Å². The smallest absolute Gasteiger partial charge is 0.228 e. The number of hydrogen-bond donors (Lipinski definition) is 1. The van der Waals surface area contributed by atoms with Crippen LogP contribution in [0.1, 0.15) is 4.88 Å². The lowest BCUT2D eigenvalue weighted by molar-refractivity contribution is 0.620. The van der Waals surface area contributed by atoms with E-state index in [-0.39, 0.29) is 0 Å². The monoisotopic (exact) mass is 374 g/mol. The molecule has 0 aliphatic carbocycles. The second-order valence-electron chi connectivity index (χ2n) is 5.26. The van der Waals surface area contributed by atoms with Crippen LogP contribution in [-0.2, 0) is 6.54 Å². The number of hydrogen-bond acceptors (Lipinski definition) is 4. The van der Waals surface area contributed by atoms with Crippen LogP contribution in [0.3, 0.4) is 0 Å². The van der Waals surface area contributed by atoms with Gasteiger partial charge in [0.15, 0.2) is 5.58 Å². The van der Waals surface area contributed by atoms with Crippen LogP contribution in [0.15, 0.2) is 58.3 Å². The van der Waals surface area contributed by atoms with Crippen LogP contribution in [0.25, 0.3) is 22.6 Å². The van der Waals surface area contributed by atoms with Crippen molar-refractivity contribution in [1.29, 1.82) is 0 Å². The van der Waals surface area contributed by atoms with Gasteiger partial charge in [0.2, 0.25) is 5.89 Å². The molecule has 1 N–H and O–H groups in total. The molecule has 0 fully saturated rings. The molecule has 0 spiro atoms. The highest BCUT2D eigenvalue weighted by Crippen LogP contribution is 2.32. The minimum absolute atomic E-state index is 0.488. The Morgan fingerprint density at radius 1 is 1.08 bits per heavy atom. The molecule has 0 bridgehead atoms. The van der Waals surface area contributed by atoms with Crippen molar-refractivity contribution < 1.29 is 4.42 Å². The Labute approximate surface area is 152 Å². The maximum atomic E-state index is 6.23. The minimum atomic E-state index is 0.488. The number of nitrogens with zero attached hydrogens (tertiary/aromatic N) is 1. The molecule has 3 nitrogen and oxygen atoms in total. The Balaban J connectivity index is 1.63. The normalized spacial score (nSPS) is 11.1. The molecule has 2 aromatic heterocycles. The fraction of sp³-hybridized carbons (Fsp3) is 0.0556. The Morgan fingerprint density at radius 2 is 2.00 bits per heavy atom. The first kappa shape index (κ1) is 15.5. The van der Waals surface area contributed by atoms with E-state index < -0.39 is 0 Å². The minimum Gasteiger partial charge on any atom is -0.436 e. The standard InChI is InChI=1S/C18H12Cl2N2OS/c19-11-3-5-14(15(20)8-11)18-22-16-9-12(4-6-17(16)23-18)21-10-13-2-1-7-24-13/h1-9,21H,10H2. The zero-order chi connectivity index (χ0) is 16.5. The van der Waals surface area contributed by atoms with Gasteiger partial charge in [0, 0.05) is 22.1 Å². The van der Waals surface area contributed by atoms with E-state index in [9.17, 15) is 0 Å². The van der Waals surface area contributed by atoms with Gasteiger partial charge in [-0.2, -0.15) is 0 Å². The summed E-state index contributed by atoms with van der Waals surface area (Å²) in [5.41, 5.74) is 3.23. The maximum Gasteiger partial charge on any atom is 0.228 e. The number of thiophene rings is 1. The van der Waals surface area contributed by atoms with Gasteiger partial charge < -0.3 is 9.73 Å². The molecule has 0 aliphatic heterocycles. The van der Waals surface area contributed by atoms with E-state index in [1.54, 1.807) is 23.5 Å². The summed E-state index contributed by atoms with van der Waals surface area (Å²) in [4.78, 5) is 5.83. The zero-order valence-corrected chi connectivity index (χ0v) is 14.8. The predicted molar refractivity (Wildman–Crippen MR) is 101 cm³/mol. The molecule has 0 radical (unpaired) electrons. The molecule has 24 heavy (non-hydrogen) atoms. The second-order valence-corrected chi connectivity index (χ2v) is 7.13. The van der Waals surface area contributed by atoms with Crippen LogP contribution in [0.4, 0.5) is 5.69 Å². The molecule has 0 saturated carbocycles. The quantitative estimate of drug-likeness (QED) is 0.444. The molecule has 4 rings (SSSR count). The first-order valence-electron chi connectivity index (χ1n) is 7.31. The SMILES string of the molecule is Clc1ccc(-c2nc3cc(NCc4cccs4)ccc3o2)c(Cl)c1. The lowest BCUT2D eigenvalue weighted by Gasteiger charge is -2.03. The number of aromatic nitrogens is 1. The number of halogens is 2. The molecule has 4 aromatic rings. The number of fused-ring (bicyclic) bond motifs is 1. The summed E-state index contributed by atoms with van der Waals surface area (Å²) in [6.45, 7) is 0.789. The maximum absolute atomic E-state index is 6.23. The average molecular weight is 375 g/mol. The third-order valence-electron chi connectivity index (χ3n) is 3.60. The van der Waals surface area contributed by atoms with Gasteiger partial charge in [-0.05, 0) is 47.8 Å². The van der Waals surface area contributed by atoms with E-state index in [1.807, 2.05) is 30.3 Å². The summed E-state index contributed by atoms with van der Waals surface area (Å²) in [5.74, 6) is 0.488. The molecular formula is C18H12Cl2N2OS. The van der Waals surface area contributed by atoms with Gasteiger partial charge in [0.1, 0.15) is 5.52 Å². The number of benzene rings is 2. The second kappa shape index (κ2) is 6.48. The average Bonchev–Trinajstić information content (AvgIpc) is 3.21. The van der Waals surface area contributed by atoms with Crippen LogP contribution < -0.4 is 5.32 Å². The lowest BCUT2D eigenvalue weighted by atomic mass is 10.2. The van der Waals surface area contributed by atoms with E-state index in [1.165, 1.54) is 4.88 Å². The molecular weight excluding hydrogens is 363 g/mol. The van der Waals surface area contributed by atoms with Crippen molar-refractivity contribution in [2.24, 2.45) is 0 Å². The molecule has 120 valence electrons. The van der Waals surface area contributed by atoms with E-state index in [4.69, 9.17) is 27.6 Å². The molecule has 6 heteroatoms. The summed E-state index contributed by atoms with van der Waals surface area (Å²) in [6, 6.07) is 15.3. The van der Waals surface area contributed by atoms with Gasteiger partial charge in [-0.15, -0.1) is 11.3 Å². The Bertz CT molecular complexity index is 996. The zero-order valence-electron chi connectivity index (χ0n) is 12.4. The Kier molecular flexibility index (Phi) is 4.19. The lowest BCUT2D eigenvalue weighted by Crippen LogP contribution is -1.96. The van der Waals surface area contributed by atoms with Gasteiger partial charge in [0.05, 0.1) is 10.6 Å². The third-order valence-corrected chi connectivity index (χ3v) is 5.02. The Hall–Kier alpha value is -2.01. The van der Waals surface area contributed by atoms with Crippen molar-refractivity contribution in [1.82, 2.24) is 4.98 Å². The van der Waals surface area contributed by atoms with Gasteiger partial charge >= 0.3 is 0 Å². The molecule has 0 amide bonds. The van der Waals surface area contributed by atoms with E-state index >= 15 is 0 Å². The first-order chi connectivity index (χ1) is 11.7. The largest absolute Gasteiger partial charge is 0.436 e. The van der Waals surface area contributed by atoms with Crippen LogP contribution in [0.2, 0.25) is 10.0 Å². The van der Waals surface area contributed by atoms with Crippen LogP contribution in [0, 0.1) is 0 Å². The van der Waals surface area contributed by atoms with Crippen molar-refractivity contribution in [3.63, 3.8) is 0 Å². The number of anilines is 1. The van der Waals surface area contributed by atoms with Crippen LogP contribution in [-0.4, -0.2) is 4.98 Å². The van der Waals surface area contributed by atoms with Gasteiger partial charge in [-0.1, -0.05) is 29.3 Å². The van der Waals surface area contributed by atoms with Gasteiger partial charge in [0.25, 0.3) is 0 Å². The summed E-state index contributed by atoms with van der Waals surface area (Å²) in [5, 5.41) is 6.56. The first-order valence-corrected chi connectivity index (χ1v) is 8.95. The highest BCUT2D eigenvalue weighted by Gasteiger charge is 2.12. The van der Waals surface area contributed by atoms with Crippen LogP contribution in [0.5, 0.6) is 0 Å². The summed E-state index contributed by atoms with van der Waals surface area (Å²) in [7, 11) is 0. The van der Waals surface area contributed by atoms with E-state index in [0.717, 1.165) is 28.9 Å². The highest BCUT2D eigenvalue weighted by molar-refractivity contribution is 7.09. The van der Waals surface area contributed by atoms with Crippen LogP contribution >= 0.6 is 34.5 Å². The number of rotatable bonds is 4. The van der Waals surface area contributed by atoms with E-state index in [2.05, 4.69) is 21.7 Å². The molecule has 0 unspecified atom stereocenters. The molecule has 2 heterocycles. The summed E-state index contributed by atoms with van der Waals surface area (Å²) < 4.78 is 5.82. The fourth-order valence-electron chi connectivity index (χ4n) is 2.42. The predicted octanol–water partition coefficient (Wildman–Crippen LogP) is 6.48. The fourth-order valence-corrected chi connectivity index (χ4v) is 3.55. The van der Waals surface area contributed by atoms with Crippen molar-refractivity contribution in [3.05, 3.63) is 68.8 Å². The number of nitrogens with one attached hydrogen (secondary N) is 1. The molecule has 2 aromatic carbocycles. The van der Waals surface area contributed by atoms with Crippen molar-refractivity contribution in [2.75, 3.05) is 5.32 Å². The van der Waals surface area contributed by atoms with Gasteiger partial charge in [-0.3, -0.25) is 0 Å². The third kappa shape index (κ3) is 3.13. The van der Waals surface area contributed by atoms with E-state index in [0.29, 0.717) is 15.9 Å². The molecule has 0 atom stereocenters. The van der Waals surface area contributed by atoms with Crippen molar-refractivity contribution >= 4 is 51.3 Å². The van der Waals surface area contributed by atoms with Gasteiger partial charge in [-0.25, -0.2) is 4.98 Å². The molecule has 0 saturated heterocycles. The summed E-state index contributed by atoms with van der Waals surface area (Å²) in [6.07, 6.45) is 0. The summed E-state index contributed by atoms with van der Waals surface area (Å²) >= 11 is 13.9. The number of oxazole rings is 1. The highest BCUT2D eigenvalue weighted by atomic mass is 35.5. The topological polar surface area (TPSA) is 38.1 Å². The Morgan fingerprint density at radius 3 is 2.79 bits per heavy atom. The molecule has 0 aliphatic rings.